The molecule has 1 aliphatic rings. The Kier molecular flexibility index (Phi) is 9.53. The third-order valence-electron chi connectivity index (χ3n) is 5.21. The van der Waals surface area contributed by atoms with Crippen LogP contribution in [-0.4, -0.2) is 45.5 Å². The zero-order chi connectivity index (χ0) is 26.1. The molecule has 0 saturated carbocycles. The van der Waals surface area contributed by atoms with Gasteiger partial charge in [-0.15, -0.1) is 0 Å². The molecule has 2 aromatic carbocycles. The fraction of sp³-hybridized carbons (Fsp3) is 0.250. The van der Waals surface area contributed by atoms with Crippen LogP contribution in [0.2, 0.25) is 0 Å². The zero-order valence-corrected chi connectivity index (χ0v) is 21.0. The molecule has 3 rings (SSSR count). The number of hydrazine groups is 1. The Morgan fingerprint density at radius 1 is 1.14 bits per heavy atom. The van der Waals surface area contributed by atoms with Crippen molar-refractivity contribution in [1.82, 2.24) is 15.8 Å². The third kappa shape index (κ3) is 7.36. The van der Waals surface area contributed by atoms with Crippen molar-refractivity contribution in [3.63, 3.8) is 0 Å². The van der Waals surface area contributed by atoms with Crippen molar-refractivity contribution in [3.8, 4) is 5.75 Å². The number of carbonyl (C=O) groups excluding carboxylic acids is 3. The molecule has 2 N–H and O–H groups in total. The molecule has 36 heavy (non-hydrogen) atoms. The quantitative estimate of drug-likeness (QED) is 0.156. The lowest BCUT2D eigenvalue weighted by molar-refractivity contribution is -0.384. The smallest absolute Gasteiger partial charge is 0.270 e. The number of thioether (sulfide) groups is 1. The van der Waals surface area contributed by atoms with Crippen molar-refractivity contribution in [2.45, 2.75) is 25.7 Å². The van der Waals surface area contributed by atoms with E-state index in [4.69, 9.17) is 17.0 Å². The molecule has 0 aliphatic carbocycles. The average molecular weight is 529 g/mol. The van der Waals surface area contributed by atoms with Gasteiger partial charge in [-0.1, -0.05) is 48.6 Å². The Labute approximate surface area is 217 Å². The van der Waals surface area contributed by atoms with Crippen LogP contribution in [0, 0.1) is 10.1 Å². The number of rotatable bonds is 10. The van der Waals surface area contributed by atoms with Gasteiger partial charge in [0.2, 0.25) is 5.91 Å². The topological polar surface area (TPSA) is 131 Å². The number of nitrogens with zero attached hydrogens (tertiary/aromatic N) is 2. The molecule has 0 aromatic heterocycles. The summed E-state index contributed by atoms with van der Waals surface area (Å²) in [5, 5.41) is 10.8. The van der Waals surface area contributed by atoms with Gasteiger partial charge in [-0.3, -0.25) is 40.2 Å². The minimum absolute atomic E-state index is 0.0639. The van der Waals surface area contributed by atoms with Gasteiger partial charge in [0, 0.05) is 30.7 Å². The predicted molar refractivity (Wildman–Crippen MR) is 140 cm³/mol. The summed E-state index contributed by atoms with van der Waals surface area (Å²) in [5.41, 5.74) is 5.27. The number of amides is 3. The minimum atomic E-state index is -0.649. The van der Waals surface area contributed by atoms with Crippen LogP contribution in [0.25, 0.3) is 6.08 Å². The number of hydrogen-bond acceptors (Lipinski definition) is 8. The van der Waals surface area contributed by atoms with Gasteiger partial charge < -0.3 is 4.74 Å². The van der Waals surface area contributed by atoms with Gasteiger partial charge in [-0.2, -0.15) is 0 Å². The summed E-state index contributed by atoms with van der Waals surface area (Å²) in [5.74, 6) is -0.438. The molecule has 1 aliphatic heterocycles. The fourth-order valence-corrected chi connectivity index (χ4v) is 4.61. The summed E-state index contributed by atoms with van der Waals surface area (Å²) in [6, 6.07) is 12.6. The molecule has 188 valence electrons. The molecule has 1 fully saturated rings. The molecule has 1 heterocycles. The second-order valence-corrected chi connectivity index (χ2v) is 9.40. The van der Waals surface area contributed by atoms with E-state index < -0.39 is 10.8 Å². The molecule has 0 atom stereocenters. The Hall–Kier alpha value is -3.77. The van der Waals surface area contributed by atoms with Crippen molar-refractivity contribution in [2.24, 2.45) is 0 Å². The number of benzene rings is 2. The number of hydrogen-bond donors (Lipinski definition) is 2. The number of non-ortho nitro benzene ring substituents is 1. The molecule has 0 bridgehead atoms. The maximum Gasteiger partial charge on any atom is 0.270 e. The van der Waals surface area contributed by atoms with E-state index in [9.17, 15) is 24.5 Å². The van der Waals surface area contributed by atoms with Gasteiger partial charge in [0.05, 0.1) is 16.9 Å². The molecule has 3 amide bonds. The van der Waals surface area contributed by atoms with Crippen molar-refractivity contribution < 1.29 is 24.0 Å². The molecule has 1 saturated heterocycles. The van der Waals surface area contributed by atoms with E-state index in [0.717, 1.165) is 17.4 Å². The van der Waals surface area contributed by atoms with Crippen molar-refractivity contribution in [2.75, 3.05) is 13.7 Å². The van der Waals surface area contributed by atoms with Gasteiger partial charge in [-0.05, 0) is 42.7 Å². The zero-order valence-electron chi connectivity index (χ0n) is 19.4. The van der Waals surface area contributed by atoms with Gasteiger partial charge >= 0.3 is 0 Å². The van der Waals surface area contributed by atoms with Gasteiger partial charge in [0.15, 0.2) is 0 Å². The SMILES string of the molecule is COc1ccc(/C=C2\SC(=S)N(CCCCCC(=O)NNC(=O)c3cccc([N+](=O)[O-])c3)C2=O)cc1. The first-order valence-corrected chi connectivity index (χ1v) is 12.2. The molecule has 0 unspecified atom stereocenters. The average Bonchev–Trinajstić information content (AvgIpc) is 3.14. The Balaban J connectivity index is 1.37. The van der Waals surface area contributed by atoms with Gasteiger partial charge in [-0.25, -0.2) is 0 Å². The van der Waals surface area contributed by atoms with Crippen LogP contribution < -0.4 is 15.6 Å². The summed E-state index contributed by atoms with van der Waals surface area (Å²) in [7, 11) is 1.59. The van der Waals surface area contributed by atoms with E-state index in [1.807, 2.05) is 24.3 Å². The van der Waals surface area contributed by atoms with Crippen LogP contribution in [0.1, 0.15) is 41.6 Å². The Morgan fingerprint density at radius 2 is 1.89 bits per heavy atom. The first-order valence-electron chi connectivity index (χ1n) is 11.0. The molecule has 0 spiro atoms. The highest BCUT2D eigenvalue weighted by Crippen LogP contribution is 2.33. The van der Waals surface area contributed by atoms with Gasteiger partial charge in [0.25, 0.3) is 17.5 Å². The largest absolute Gasteiger partial charge is 0.497 e. The maximum atomic E-state index is 12.7. The van der Waals surface area contributed by atoms with E-state index in [-0.39, 0.29) is 29.5 Å². The highest BCUT2D eigenvalue weighted by molar-refractivity contribution is 8.26. The first kappa shape index (κ1) is 26.8. The van der Waals surface area contributed by atoms with Crippen molar-refractivity contribution in [1.29, 1.82) is 0 Å². The lowest BCUT2D eigenvalue weighted by Gasteiger charge is -2.14. The van der Waals surface area contributed by atoms with Crippen molar-refractivity contribution in [3.05, 3.63) is 74.7 Å². The lowest BCUT2D eigenvalue weighted by Crippen LogP contribution is -2.41. The Bertz CT molecular complexity index is 1200. The number of nitro benzene ring substituents is 1. The number of nitrogens with one attached hydrogen (secondary N) is 2. The second kappa shape index (κ2) is 12.8. The molecular formula is C24H24N4O6S2. The predicted octanol–water partition coefficient (Wildman–Crippen LogP) is 3.83. The summed E-state index contributed by atoms with van der Waals surface area (Å²) in [6.45, 7) is 0.454. The molecule has 10 nitrogen and oxygen atoms in total. The van der Waals surface area contributed by atoms with E-state index in [1.54, 1.807) is 18.1 Å². The molecule has 12 heteroatoms. The Morgan fingerprint density at radius 3 is 2.58 bits per heavy atom. The number of methoxy groups -OCH3 is 1. The number of carbonyl (C=O) groups is 3. The highest BCUT2D eigenvalue weighted by Gasteiger charge is 2.31. The summed E-state index contributed by atoms with van der Waals surface area (Å²) in [6.07, 6.45) is 3.86. The molecule has 2 aromatic rings. The number of ether oxygens (including phenoxy) is 1. The van der Waals surface area contributed by atoms with Crippen LogP contribution in [0.15, 0.2) is 53.4 Å². The standard InChI is InChI=1S/C24H24N4O6S2/c1-34-19-11-9-16(10-12-19)14-20-23(31)27(24(35)36-20)13-4-2-3-8-21(29)25-26-22(30)17-6-5-7-18(15-17)28(32)33/h5-7,9-12,14-15H,2-4,8,13H2,1H3,(H,25,29)(H,26,30)/b20-14-. The number of nitro groups is 1. The summed E-state index contributed by atoms with van der Waals surface area (Å²) < 4.78 is 5.64. The second-order valence-electron chi connectivity index (χ2n) is 7.73. The fourth-order valence-electron chi connectivity index (χ4n) is 3.30. The molecular weight excluding hydrogens is 504 g/mol. The third-order valence-corrected chi connectivity index (χ3v) is 6.59. The van der Waals surface area contributed by atoms with Crippen LogP contribution in [-0.2, 0) is 9.59 Å². The number of thiocarbonyl (C=S) groups is 1. The van der Waals surface area contributed by atoms with Gasteiger partial charge in [0.1, 0.15) is 10.1 Å². The van der Waals surface area contributed by atoms with Crippen LogP contribution in [0.4, 0.5) is 5.69 Å². The van der Waals surface area contributed by atoms with E-state index in [1.165, 1.54) is 30.0 Å². The van der Waals surface area contributed by atoms with Crippen LogP contribution >= 0.6 is 24.0 Å². The first-order chi connectivity index (χ1) is 17.3. The van der Waals surface area contributed by atoms with E-state index in [0.29, 0.717) is 35.0 Å². The monoisotopic (exact) mass is 528 g/mol. The van der Waals surface area contributed by atoms with E-state index >= 15 is 0 Å². The number of unbranched alkanes of at least 4 members (excludes halogenated alkanes) is 2. The normalized spacial score (nSPS) is 14.1. The molecule has 0 radical (unpaired) electrons. The minimum Gasteiger partial charge on any atom is -0.497 e. The van der Waals surface area contributed by atoms with Crippen LogP contribution in [0.3, 0.4) is 0 Å². The van der Waals surface area contributed by atoms with E-state index in [2.05, 4.69) is 10.9 Å². The lowest BCUT2D eigenvalue weighted by atomic mass is 10.1. The highest BCUT2D eigenvalue weighted by atomic mass is 32.2. The summed E-state index contributed by atoms with van der Waals surface area (Å²) >= 11 is 6.62. The maximum absolute atomic E-state index is 12.7. The summed E-state index contributed by atoms with van der Waals surface area (Å²) in [4.78, 5) is 49.1. The van der Waals surface area contributed by atoms with Crippen molar-refractivity contribution >= 4 is 57.8 Å². The van der Waals surface area contributed by atoms with Crippen LogP contribution in [0.5, 0.6) is 5.75 Å².